The molecule has 0 fully saturated rings. The fraction of sp³-hybridized carbons (Fsp3) is 0.533. The number of rotatable bonds is 5. The lowest BCUT2D eigenvalue weighted by molar-refractivity contribution is -0.129. The zero-order valence-corrected chi connectivity index (χ0v) is 13.5. The standard InChI is InChI=1S/C15H21N3OS/c1-6-18(7-2)15(19)12(5)20-14-13(9-16)10(3)8-11(4)17-14/h8,12H,6-7H2,1-5H3. The molecule has 5 heteroatoms. The van der Waals surface area contributed by atoms with Gasteiger partial charge in [-0.15, -0.1) is 0 Å². The Hall–Kier alpha value is -1.54. The summed E-state index contributed by atoms with van der Waals surface area (Å²) in [5.41, 5.74) is 2.34. The van der Waals surface area contributed by atoms with Crippen molar-refractivity contribution in [3.05, 3.63) is 22.9 Å². The molecule has 0 aliphatic carbocycles. The van der Waals surface area contributed by atoms with Crippen LogP contribution in [0, 0.1) is 25.2 Å². The van der Waals surface area contributed by atoms with E-state index in [4.69, 9.17) is 0 Å². The minimum Gasteiger partial charge on any atom is -0.342 e. The highest BCUT2D eigenvalue weighted by Crippen LogP contribution is 2.28. The van der Waals surface area contributed by atoms with Crippen molar-refractivity contribution in [2.24, 2.45) is 0 Å². The highest BCUT2D eigenvalue weighted by molar-refractivity contribution is 8.00. The first-order valence-electron chi connectivity index (χ1n) is 6.78. The second kappa shape index (κ2) is 7.30. The summed E-state index contributed by atoms with van der Waals surface area (Å²) in [6.45, 7) is 11.0. The van der Waals surface area contributed by atoms with Gasteiger partial charge in [-0.25, -0.2) is 4.98 Å². The summed E-state index contributed by atoms with van der Waals surface area (Å²) in [7, 11) is 0. The molecular weight excluding hydrogens is 270 g/mol. The third-order valence-electron chi connectivity index (χ3n) is 3.13. The molecule has 1 heterocycles. The topological polar surface area (TPSA) is 57.0 Å². The van der Waals surface area contributed by atoms with Crippen molar-refractivity contribution >= 4 is 17.7 Å². The number of nitrogens with zero attached hydrogens (tertiary/aromatic N) is 3. The average Bonchev–Trinajstić information content (AvgIpc) is 2.39. The maximum absolute atomic E-state index is 12.3. The number of hydrogen-bond acceptors (Lipinski definition) is 4. The highest BCUT2D eigenvalue weighted by Gasteiger charge is 2.21. The third kappa shape index (κ3) is 3.73. The van der Waals surface area contributed by atoms with Crippen molar-refractivity contribution in [2.75, 3.05) is 13.1 Å². The number of nitriles is 1. The molecule has 0 radical (unpaired) electrons. The number of thioether (sulfide) groups is 1. The van der Waals surface area contributed by atoms with Crippen molar-refractivity contribution in [1.82, 2.24) is 9.88 Å². The van der Waals surface area contributed by atoms with Crippen LogP contribution in [-0.4, -0.2) is 34.1 Å². The van der Waals surface area contributed by atoms with Crippen molar-refractivity contribution < 1.29 is 4.79 Å². The number of aromatic nitrogens is 1. The summed E-state index contributed by atoms with van der Waals surface area (Å²) >= 11 is 1.37. The predicted octanol–water partition coefficient (Wildman–Crippen LogP) is 2.92. The first kappa shape index (κ1) is 16.5. The molecule has 4 nitrogen and oxygen atoms in total. The van der Waals surface area contributed by atoms with Crippen LogP contribution in [0.2, 0.25) is 0 Å². The molecule has 1 amide bonds. The Morgan fingerprint density at radius 3 is 2.55 bits per heavy atom. The van der Waals surface area contributed by atoms with Gasteiger partial charge in [-0.05, 0) is 46.2 Å². The molecular formula is C15H21N3OS. The number of carbonyl (C=O) groups excluding carboxylic acids is 1. The Balaban J connectivity index is 2.99. The van der Waals surface area contributed by atoms with E-state index in [-0.39, 0.29) is 11.2 Å². The van der Waals surface area contributed by atoms with Gasteiger partial charge < -0.3 is 4.90 Å². The van der Waals surface area contributed by atoms with Crippen molar-refractivity contribution in [3.8, 4) is 6.07 Å². The largest absolute Gasteiger partial charge is 0.342 e. The number of carbonyl (C=O) groups is 1. The van der Waals surface area contributed by atoms with E-state index in [1.807, 2.05) is 40.7 Å². The van der Waals surface area contributed by atoms with E-state index in [1.54, 1.807) is 4.90 Å². The van der Waals surface area contributed by atoms with Gasteiger partial charge in [0.15, 0.2) is 0 Å². The number of hydrogen-bond donors (Lipinski definition) is 0. The highest BCUT2D eigenvalue weighted by atomic mass is 32.2. The lowest BCUT2D eigenvalue weighted by Gasteiger charge is -2.22. The van der Waals surface area contributed by atoms with Crippen LogP contribution >= 0.6 is 11.8 Å². The molecule has 0 bridgehead atoms. The lowest BCUT2D eigenvalue weighted by Crippen LogP contribution is -2.36. The quantitative estimate of drug-likeness (QED) is 0.783. The molecule has 20 heavy (non-hydrogen) atoms. The van der Waals surface area contributed by atoms with Gasteiger partial charge in [-0.1, -0.05) is 11.8 Å². The summed E-state index contributed by atoms with van der Waals surface area (Å²) in [4.78, 5) is 18.5. The van der Waals surface area contributed by atoms with Crippen molar-refractivity contribution in [3.63, 3.8) is 0 Å². The Kier molecular flexibility index (Phi) is 6.03. The zero-order valence-electron chi connectivity index (χ0n) is 12.7. The summed E-state index contributed by atoms with van der Waals surface area (Å²) in [5.74, 6) is 0.0878. The number of amides is 1. The molecule has 0 aliphatic heterocycles. The van der Waals surface area contributed by atoms with E-state index < -0.39 is 0 Å². The molecule has 0 N–H and O–H groups in total. The summed E-state index contributed by atoms with van der Waals surface area (Å²) < 4.78 is 0. The van der Waals surface area contributed by atoms with E-state index in [1.165, 1.54) is 11.8 Å². The maximum Gasteiger partial charge on any atom is 0.235 e. The third-order valence-corrected chi connectivity index (χ3v) is 4.21. The smallest absolute Gasteiger partial charge is 0.235 e. The molecule has 0 spiro atoms. The van der Waals surface area contributed by atoms with Gasteiger partial charge in [0.05, 0.1) is 10.8 Å². The molecule has 1 aromatic heterocycles. The normalized spacial score (nSPS) is 11.8. The van der Waals surface area contributed by atoms with Gasteiger partial charge in [0.25, 0.3) is 0 Å². The van der Waals surface area contributed by atoms with Gasteiger partial charge in [-0.2, -0.15) is 5.26 Å². The molecule has 0 saturated heterocycles. The summed E-state index contributed by atoms with van der Waals surface area (Å²) in [6.07, 6.45) is 0. The van der Waals surface area contributed by atoms with Crippen LogP contribution in [0.4, 0.5) is 0 Å². The molecule has 0 aliphatic rings. The molecule has 1 aromatic rings. The molecule has 1 rings (SSSR count). The predicted molar refractivity (Wildman–Crippen MR) is 81.7 cm³/mol. The summed E-state index contributed by atoms with van der Waals surface area (Å²) in [5, 5.41) is 9.66. The van der Waals surface area contributed by atoms with E-state index in [9.17, 15) is 10.1 Å². The fourth-order valence-corrected chi connectivity index (χ4v) is 3.14. The zero-order chi connectivity index (χ0) is 15.3. The van der Waals surface area contributed by atoms with Crippen LogP contribution in [0.5, 0.6) is 0 Å². The lowest BCUT2D eigenvalue weighted by atomic mass is 10.1. The molecule has 1 atom stereocenters. The Morgan fingerprint density at radius 1 is 1.45 bits per heavy atom. The minimum atomic E-state index is -0.240. The second-order valence-electron chi connectivity index (χ2n) is 4.64. The molecule has 0 saturated carbocycles. The fourth-order valence-electron chi connectivity index (χ4n) is 2.03. The van der Waals surface area contributed by atoms with Crippen LogP contribution < -0.4 is 0 Å². The van der Waals surface area contributed by atoms with Crippen molar-refractivity contribution in [1.29, 1.82) is 5.26 Å². The van der Waals surface area contributed by atoms with Crippen LogP contribution in [0.1, 0.15) is 37.6 Å². The molecule has 1 unspecified atom stereocenters. The minimum absolute atomic E-state index is 0.0878. The molecule has 108 valence electrons. The van der Waals surface area contributed by atoms with Gasteiger partial charge >= 0.3 is 0 Å². The monoisotopic (exact) mass is 291 g/mol. The Morgan fingerprint density at radius 2 is 2.05 bits per heavy atom. The number of aryl methyl sites for hydroxylation is 2. The first-order chi connectivity index (χ1) is 9.44. The Labute approximate surface area is 125 Å². The Bertz CT molecular complexity index is 533. The first-order valence-corrected chi connectivity index (χ1v) is 7.66. The van der Waals surface area contributed by atoms with Crippen LogP contribution in [0.3, 0.4) is 0 Å². The van der Waals surface area contributed by atoms with E-state index in [0.717, 1.165) is 11.3 Å². The maximum atomic E-state index is 12.3. The van der Waals surface area contributed by atoms with E-state index in [0.29, 0.717) is 23.7 Å². The van der Waals surface area contributed by atoms with E-state index >= 15 is 0 Å². The van der Waals surface area contributed by atoms with Crippen LogP contribution in [0.25, 0.3) is 0 Å². The summed E-state index contributed by atoms with van der Waals surface area (Å²) in [6, 6.07) is 4.07. The van der Waals surface area contributed by atoms with Gasteiger partial charge in [0.1, 0.15) is 11.1 Å². The second-order valence-corrected chi connectivity index (χ2v) is 5.97. The van der Waals surface area contributed by atoms with E-state index in [2.05, 4.69) is 11.1 Å². The van der Waals surface area contributed by atoms with Gasteiger partial charge in [0, 0.05) is 18.8 Å². The molecule has 0 aromatic carbocycles. The van der Waals surface area contributed by atoms with Crippen LogP contribution in [0.15, 0.2) is 11.1 Å². The van der Waals surface area contributed by atoms with Crippen molar-refractivity contribution in [2.45, 2.75) is 44.9 Å². The van der Waals surface area contributed by atoms with Gasteiger partial charge in [0.2, 0.25) is 5.91 Å². The number of pyridine rings is 1. The SMILES string of the molecule is CCN(CC)C(=O)C(C)Sc1nc(C)cc(C)c1C#N. The van der Waals surface area contributed by atoms with Crippen LogP contribution in [-0.2, 0) is 4.79 Å². The van der Waals surface area contributed by atoms with Gasteiger partial charge in [-0.3, -0.25) is 4.79 Å². The average molecular weight is 291 g/mol.